The molecular formula is C17H20O3S. The molecule has 3 nitrogen and oxygen atoms in total. The summed E-state index contributed by atoms with van der Waals surface area (Å²) >= 11 is 1.47. The third kappa shape index (κ3) is 4.10. The molecule has 0 unspecified atom stereocenters. The van der Waals surface area contributed by atoms with Crippen LogP contribution in [0.1, 0.15) is 48.9 Å². The Morgan fingerprint density at radius 1 is 1.05 bits per heavy atom. The lowest BCUT2D eigenvalue weighted by molar-refractivity contribution is -0.145. The van der Waals surface area contributed by atoms with Crippen LogP contribution in [-0.4, -0.2) is 23.6 Å². The van der Waals surface area contributed by atoms with Gasteiger partial charge in [-0.25, -0.2) is 0 Å². The van der Waals surface area contributed by atoms with Gasteiger partial charge in [-0.2, -0.15) is 0 Å². The van der Waals surface area contributed by atoms with E-state index in [0.717, 1.165) is 36.1 Å². The van der Waals surface area contributed by atoms with E-state index in [2.05, 4.69) is 0 Å². The van der Waals surface area contributed by atoms with E-state index in [-0.39, 0.29) is 23.8 Å². The zero-order valence-electron chi connectivity index (χ0n) is 12.0. The third-order valence-corrected chi connectivity index (χ3v) is 5.03. The second-order valence-electron chi connectivity index (χ2n) is 5.85. The number of hydrogen-bond acceptors (Lipinski definition) is 4. The molecule has 2 aliphatic rings. The van der Waals surface area contributed by atoms with Crippen LogP contribution in [0.25, 0.3) is 0 Å². The zero-order valence-corrected chi connectivity index (χ0v) is 12.9. The summed E-state index contributed by atoms with van der Waals surface area (Å²) < 4.78 is 5.42. The molecule has 0 aromatic heterocycles. The van der Waals surface area contributed by atoms with E-state index in [0.29, 0.717) is 5.75 Å². The van der Waals surface area contributed by atoms with Gasteiger partial charge in [0.2, 0.25) is 0 Å². The van der Waals surface area contributed by atoms with Crippen LogP contribution in [0, 0.1) is 5.92 Å². The Bertz CT molecular complexity index is 513. The molecule has 0 N–H and O–H groups in total. The number of carbonyl (C=O) groups is 2. The van der Waals surface area contributed by atoms with Gasteiger partial charge in [0.1, 0.15) is 6.10 Å². The Labute approximate surface area is 129 Å². The smallest absolute Gasteiger partial charge is 0.316 e. The first-order valence-corrected chi connectivity index (χ1v) is 8.67. The number of Topliss-reactive ketones (excluding diaryl/α,β-unsaturated/α-hetero) is 1. The first-order chi connectivity index (χ1) is 10.2. The van der Waals surface area contributed by atoms with Crippen molar-refractivity contribution in [3.8, 4) is 0 Å². The molecule has 0 bridgehead atoms. The van der Waals surface area contributed by atoms with Crippen LogP contribution in [0.4, 0.5) is 0 Å². The van der Waals surface area contributed by atoms with Crippen LogP contribution in [0.5, 0.6) is 0 Å². The van der Waals surface area contributed by atoms with Gasteiger partial charge in [0.05, 0.1) is 5.75 Å². The molecule has 4 heteroatoms. The summed E-state index contributed by atoms with van der Waals surface area (Å²) in [4.78, 5) is 24.6. The van der Waals surface area contributed by atoms with Gasteiger partial charge in [-0.05, 0) is 50.7 Å². The highest BCUT2D eigenvalue weighted by atomic mass is 32.2. The molecule has 2 saturated carbocycles. The maximum absolute atomic E-state index is 11.9. The highest BCUT2D eigenvalue weighted by molar-refractivity contribution is 8.00. The fourth-order valence-electron chi connectivity index (χ4n) is 2.67. The number of rotatable bonds is 6. The predicted molar refractivity (Wildman–Crippen MR) is 82.6 cm³/mol. The van der Waals surface area contributed by atoms with Gasteiger partial charge in [-0.15, -0.1) is 11.8 Å². The highest BCUT2D eigenvalue weighted by Crippen LogP contribution is 2.33. The molecule has 0 spiro atoms. The van der Waals surface area contributed by atoms with Crippen molar-refractivity contribution in [3.63, 3.8) is 0 Å². The lowest BCUT2D eigenvalue weighted by atomic mass is 10.1. The average molecular weight is 304 g/mol. The number of hydrogen-bond donors (Lipinski definition) is 0. The van der Waals surface area contributed by atoms with Crippen LogP contribution >= 0.6 is 11.8 Å². The summed E-state index contributed by atoms with van der Waals surface area (Å²) in [6.07, 6.45) is 6.55. The Balaban J connectivity index is 1.46. The number of benzene rings is 1. The third-order valence-electron chi connectivity index (χ3n) is 4.04. The van der Waals surface area contributed by atoms with E-state index < -0.39 is 0 Å². The first-order valence-electron chi connectivity index (χ1n) is 7.69. The Hall–Kier alpha value is -1.29. The molecule has 0 saturated heterocycles. The summed E-state index contributed by atoms with van der Waals surface area (Å²) in [7, 11) is 0. The average Bonchev–Trinajstić information content (AvgIpc) is 3.23. The molecule has 21 heavy (non-hydrogen) atoms. The molecular weight excluding hydrogens is 284 g/mol. The van der Waals surface area contributed by atoms with Crippen molar-refractivity contribution >= 4 is 23.5 Å². The molecule has 3 rings (SSSR count). The Kier molecular flexibility index (Phi) is 4.63. The summed E-state index contributed by atoms with van der Waals surface area (Å²) in [6, 6.07) is 7.57. The van der Waals surface area contributed by atoms with Crippen molar-refractivity contribution in [2.24, 2.45) is 5.92 Å². The van der Waals surface area contributed by atoms with Gasteiger partial charge in [0, 0.05) is 16.4 Å². The molecule has 0 atom stereocenters. The zero-order chi connectivity index (χ0) is 14.7. The van der Waals surface area contributed by atoms with Crippen molar-refractivity contribution in [3.05, 3.63) is 29.8 Å². The lowest BCUT2D eigenvalue weighted by Crippen LogP contribution is -2.16. The maximum atomic E-state index is 11.9. The van der Waals surface area contributed by atoms with E-state index in [1.807, 2.05) is 24.3 Å². The van der Waals surface area contributed by atoms with Crippen LogP contribution in [-0.2, 0) is 9.53 Å². The number of ether oxygens (including phenoxy) is 1. The minimum absolute atomic E-state index is 0.134. The standard InChI is InChI=1S/C17H20O3S/c18-16(20-14-3-1-2-4-14)11-21-15-9-7-13(8-10-15)17(19)12-5-6-12/h7-10,12,14H,1-6,11H2. The highest BCUT2D eigenvalue weighted by Gasteiger charge is 2.30. The van der Waals surface area contributed by atoms with E-state index in [9.17, 15) is 9.59 Å². The lowest BCUT2D eigenvalue weighted by Gasteiger charge is -2.10. The summed E-state index contributed by atoms with van der Waals surface area (Å²) in [5.74, 6) is 0.717. The molecule has 1 aromatic carbocycles. The maximum Gasteiger partial charge on any atom is 0.316 e. The second kappa shape index (κ2) is 6.65. The Morgan fingerprint density at radius 3 is 2.33 bits per heavy atom. The van der Waals surface area contributed by atoms with Crippen molar-refractivity contribution in [1.82, 2.24) is 0 Å². The summed E-state index contributed by atoms with van der Waals surface area (Å²) in [5, 5.41) is 0. The van der Waals surface area contributed by atoms with E-state index in [1.165, 1.54) is 24.6 Å². The normalized spacial score (nSPS) is 18.7. The van der Waals surface area contributed by atoms with Crippen molar-refractivity contribution in [2.45, 2.75) is 49.5 Å². The molecule has 0 heterocycles. The number of esters is 1. The molecule has 1 aromatic rings. The first kappa shape index (κ1) is 14.6. The predicted octanol–water partition coefficient (Wildman–Crippen LogP) is 3.86. The second-order valence-corrected chi connectivity index (χ2v) is 6.90. The monoisotopic (exact) mass is 304 g/mol. The largest absolute Gasteiger partial charge is 0.462 e. The molecule has 0 amide bonds. The minimum Gasteiger partial charge on any atom is -0.462 e. The van der Waals surface area contributed by atoms with E-state index in [4.69, 9.17) is 4.74 Å². The Morgan fingerprint density at radius 2 is 1.71 bits per heavy atom. The van der Waals surface area contributed by atoms with Crippen LogP contribution in [0.3, 0.4) is 0 Å². The van der Waals surface area contributed by atoms with Gasteiger partial charge in [-0.3, -0.25) is 9.59 Å². The molecule has 0 radical (unpaired) electrons. The number of ketones is 1. The van der Waals surface area contributed by atoms with Crippen LogP contribution in [0.2, 0.25) is 0 Å². The number of carbonyl (C=O) groups excluding carboxylic acids is 2. The van der Waals surface area contributed by atoms with Gasteiger partial charge in [0.15, 0.2) is 5.78 Å². The van der Waals surface area contributed by atoms with Crippen LogP contribution in [0.15, 0.2) is 29.2 Å². The van der Waals surface area contributed by atoms with E-state index >= 15 is 0 Å². The van der Waals surface area contributed by atoms with Gasteiger partial charge < -0.3 is 4.74 Å². The molecule has 0 aliphatic heterocycles. The fourth-order valence-corrected chi connectivity index (χ4v) is 3.35. The van der Waals surface area contributed by atoms with Gasteiger partial charge in [0.25, 0.3) is 0 Å². The number of thioether (sulfide) groups is 1. The SMILES string of the molecule is O=C(CSc1ccc(C(=O)C2CC2)cc1)OC1CCCC1. The molecule has 112 valence electrons. The van der Waals surface area contributed by atoms with Crippen LogP contribution < -0.4 is 0 Å². The summed E-state index contributed by atoms with van der Waals surface area (Å²) in [6.45, 7) is 0. The topological polar surface area (TPSA) is 43.4 Å². The van der Waals surface area contributed by atoms with Crippen molar-refractivity contribution in [1.29, 1.82) is 0 Å². The van der Waals surface area contributed by atoms with Gasteiger partial charge >= 0.3 is 5.97 Å². The van der Waals surface area contributed by atoms with Crippen molar-refractivity contribution < 1.29 is 14.3 Å². The van der Waals surface area contributed by atoms with Crippen molar-refractivity contribution in [2.75, 3.05) is 5.75 Å². The molecule has 2 fully saturated rings. The van der Waals surface area contributed by atoms with Gasteiger partial charge in [-0.1, -0.05) is 12.1 Å². The summed E-state index contributed by atoms with van der Waals surface area (Å²) in [5.41, 5.74) is 0.787. The minimum atomic E-state index is -0.134. The quantitative estimate of drug-likeness (QED) is 0.455. The molecule has 2 aliphatic carbocycles. The fraction of sp³-hybridized carbons (Fsp3) is 0.529. The van der Waals surface area contributed by atoms with E-state index in [1.54, 1.807) is 0 Å².